The Hall–Kier alpha value is -0.0800. The second-order valence-corrected chi connectivity index (χ2v) is 6.94. The lowest BCUT2D eigenvalue weighted by Crippen LogP contribution is -3.20. The van der Waals surface area contributed by atoms with Crippen LogP contribution in [0.3, 0.4) is 0 Å². The third kappa shape index (κ3) is 7.38. The van der Waals surface area contributed by atoms with Gasteiger partial charge in [0.1, 0.15) is 0 Å². The van der Waals surface area contributed by atoms with Crippen LogP contribution in [0.1, 0.15) is 74.1 Å². The van der Waals surface area contributed by atoms with Gasteiger partial charge in [0.05, 0.1) is 18.6 Å². The Kier molecular flexibility index (Phi) is 8.89. The molecule has 0 bridgehead atoms. The Morgan fingerprint density at radius 3 is 1.94 bits per heavy atom. The number of unbranched alkanes of at least 4 members (excludes halogenated alkanes) is 2. The minimum atomic E-state index is 0.271. The molecule has 110 valence electrons. The highest BCUT2D eigenvalue weighted by molar-refractivity contribution is 4.69. The Bertz CT molecular complexity index is 194. The molecular formula is C16H37N2+. The number of hydrogen-bond acceptors (Lipinski definition) is 1. The van der Waals surface area contributed by atoms with E-state index in [1.54, 1.807) is 5.01 Å². The first-order valence-electron chi connectivity index (χ1n) is 7.95. The molecule has 0 radical (unpaired) electrons. The Balaban J connectivity index is 4.70. The highest BCUT2D eigenvalue weighted by Gasteiger charge is 2.30. The zero-order valence-corrected chi connectivity index (χ0v) is 14.0. The molecule has 18 heavy (non-hydrogen) atoms. The van der Waals surface area contributed by atoms with Crippen molar-refractivity contribution in [3.8, 4) is 0 Å². The predicted octanol–water partition coefficient (Wildman–Crippen LogP) is 3.14. The molecule has 2 nitrogen and oxygen atoms in total. The highest BCUT2D eigenvalue weighted by Crippen LogP contribution is 2.09. The van der Waals surface area contributed by atoms with Crippen LogP contribution in [0, 0.1) is 5.92 Å². The molecule has 0 saturated carbocycles. The van der Waals surface area contributed by atoms with Gasteiger partial charge in [-0.1, -0.05) is 40.5 Å². The summed E-state index contributed by atoms with van der Waals surface area (Å²) in [7, 11) is 0. The maximum Gasteiger partial charge on any atom is 0.0971 e. The maximum absolute atomic E-state index is 2.69. The normalized spacial score (nSPS) is 14.5. The minimum Gasteiger partial charge on any atom is -0.254 e. The van der Waals surface area contributed by atoms with Crippen molar-refractivity contribution >= 4 is 0 Å². The van der Waals surface area contributed by atoms with Crippen LogP contribution in [-0.4, -0.2) is 30.2 Å². The molecule has 0 aliphatic carbocycles. The molecule has 0 heterocycles. The fourth-order valence-electron chi connectivity index (χ4n) is 2.48. The van der Waals surface area contributed by atoms with Gasteiger partial charge in [-0.25, -0.2) is 0 Å². The lowest BCUT2D eigenvalue weighted by Gasteiger charge is -2.41. The van der Waals surface area contributed by atoms with E-state index in [2.05, 4.69) is 53.5 Å². The van der Waals surface area contributed by atoms with E-state index in [1.165, 1.54) is 45.3 Å². The summed E-state index contributed by atoms with van der Waals surface area (Å²) in [6.07, 6.45) is 5.23. The van der Waals surface area contributed by atoms with Gasteiger partial charge in [0, 0.05) is 12.5 Å². The first-order valence-corrected chi connectivity index (χ1v) is 7.95. The number of hydrogen-bond donors (Lipinski definition) is 1. The smallest absolute Gasteiger partial charge is 0.0971 e. The van der Waals surface area contributed by atoms with Gasteiger partial charge in [-0.05, 0) is 33.6 Å². The molecule has 2 heteroatoms. The van der Waals surface area contributed by atoms with Gasteiger partial charge < -0.3 is 0 Å². The van der Waals surface area contributed by atoms with Crippen LogP contribution in [0.25, 0.3) is 0 Å². The summed E-state index contributed by atoms with van der Waals surface area (Å²) in [5.41, 5.74) is 0.271. The highest BCUT2D eigenvalue weighted by atomic mass is 15.6. The van der Waals surface area contributed by atoms with Crippen molar-refractivity contribution in [2.75, 3.05) is 19.6 Å². The van der Waals surface area contributed by atoms with Gasteiger partial charge in [0.15, 0.2) is 0 Å². The molecule has 1 atom stereocenters. The Morgan fingerprint density at radius 2 is 1.56 bits per heavy atom. The zero-order chi connectivity index (χ0) is 14.2. The van der Waals surface area contributed by atoms with Crippen LogP contribution in [0.5, 0.6) is 0 Å². The van der Waals surface area contributed by atoms with Gasteiger partial charge in [-0.2, -0.15) is 5.01 Å². The van der Waals surface area contributed by atoms with Crippen molar-refractivity contribution in [3.05, 3.63) is 0 Å². The summed E-state index contributed by atoms with van der Waals surface area (Å²) in [4.78, 5) is 0. The van der Waals surface area contributed by atoms with Gasteiger partial charge >= 0.3 is 0 Å². The molecule has 0 spiro atoms. The standard InChI is InChI=1S/C16H36N2/c1-8-10-12-17(14-15(3)4)18(13-11-9-2)16(5,6)7/h15H,8-14H2,1-7H3/p+1. The van der Waals surface area contributed by atoms with Crippen LogP contribution >= 0.6 is 0 Å². The molecule has 0 aromatic carbocycles. The van der Waals surface area contributed by atoms with E-state index >= 15 is 0 Å². The second-order valence-electron chi connectivity index (χ2n) is 6.94. The zero-order valence-electron chi connectivity index (χ0n) is 14.0. The monoisotopic (exact) mass is 257 g/mol. The quantitative estimate of drug-likeness (QED) is 0.624. The first kappa shape index (κ1) is 17.9. The summed E-state index contributed by atoms with van der Waals surface area (Å²) in [6.45, 7) is 20.1. The molecule has 0 amide bonds. The Labute approximate surface area is 116 Å². The summed E-state index contributed by atoms with van der Waals surface area (Å²) >= 11 is 0. The summed E-state index contributed by atoms with van der Waals surface area (Å²) in [6, 6.07) is 0. The van der Waals surface area contributed by atoms with E-state index in [1.807, 2.05) is 0 Å². The van der Waals surface area contributed by atoms with Crippen molar-refractivity contribution in [1.82, 2.24) is 5.01 Å². The van der Waals surface area contributed by atoms with Crippen LogP contribution < -0.4 is 5.01 Å². The van der Waals surface area contributed by atoms with Gasteiger partial charge in [0.2, 0.25) is 0 Å². The molecule has 1 unspecified atom stereocenters. The fraction of sp³-hybridized carbons (Fsp3) is 1.00. The second kappa shape index (κ2) is 8.92. The average Bonchev–Trinajstić information content (AvgIpc) is 2.23. The average molecular weight is 257 g/mol. The van der Waals surface area contributed by atoms with E-state index in [0.717, 1.165) is 5.92 Å². The molecule has 0 fully saturated rings. The molecule has 0 aliphatic rings. The van der Waals surface area contributed by atoms with Crippen LogP contribution in [0.2, 0.25) is 0 Å². The topological polar surface area (TPSA) is 7.68 Å². The van der Waals surface area contributed by atoms with Gasteiger partial charge in [-0.15, -0.1) is 0 Å². The van der Waals surface area contributed by atoms with E-state index in [9.17, 15) is 0 Å². The number of quaternary nitrogens is 1. The van der Waals surface area contributed by atoms with Crippen molar-refractivity contribution in [2.24, 2.45) is 5.92 Å². The van der Waals surface area contributed by atoms with Crippen molar-refractivity contribution in [3.63, 3.8) is 0 Å². The molecule has 0 aromatic heterocycles. The Morgan fingerprint density at radius 1 is 1.00 bits per heavy atom. The van der Waals surface area contributed by atoms with Gasteiger partial charge in [0.25, 0.3) is 0 Å². The first-order chi connectivity index (χ1) is 8.32. The van der Waals surface area contributed by atoms with Crippen LogP contribution in [0.4, 0.5) is 0 Å². The van der Waals surface area contributed by atoms with Crippen LogP contribution in [-0.2, 0) is 0 Å². The number of nitrogens with zero attached hydrogens (tertiary/aromatic N) is 1. The molecule has 0 saturated heterocycles. The maximum atomic E-state index is 2.69. The lowest BCUT2D eigenvalue weighted by molar-refractivity contribution is -1.03. The van der Waals surface area contributed by atoms with Crippen LogP contribution in [0.15, 0.2) is 0 Å². The van der Waals surface area contributed by atoms with Crippen molar-refractivity contribution < 1.29 is 5.01 Å². The minimum absolute atomic E-state index is 0.271. The van der Waals surface area contributed by atoms with E-state index in [-0.39, 0.29) is 5.54 Å². The molecule has 0 aliphatic heterocycles. The summed E-state index contributed by atoms with van der Waals surface area (Å²) in [5.74, 6) is 0.767. The third-order valence-corrected chi connectivity index (χ3v) is 3.39. The molecule has 0 aromatic rings. The molecule has 0 rings (SSSR count). The van der Waals surface area contributed by atoms with Gasteiger partial charge in [-0.3, -0.25) is 5.01 Å². The molecular weight excluding hydrogens is 220 g/mol. The molecule has 1 N–H and O–H groups in total. The summed E-state index contributed by atoms with van der Waals surface area (Å²) < 4.78 is 0. The van der Waals surface area contributed by atoms with Crippen molar-refractivity contribution in [1.29, 1.82) is 0 Å². The van der Waals surface area contributed by atoms with E-state index in [4.69, 9.17) is 0 Å². The van der Waals surface area contributed by atoms with Crippen molar-refractivity contribution in [2.45, 2.75) is 79.7 Å². The fourth-order valence-corrected chi connectivity index (χ4v) is 2.48. The lowest BCUT2D eigenvalue weighted by atomic mass is 10.1. The van der Waals surface area contributed by atoms with E-state index < -0.39 is 0 Å². The largest absolute Gasteiger partial charge is 0.254 e. The third-order valence-electron chi connectivity index (χ3n) is 3.39. The summed E-state index contributed by atoms with van der Waals surface area (Å²) in [5, 5.41) is 4.37. The number of rotatable bonds is 9. The number of nitrogens with one attached hydrogen (secondary N) is 1. The van der Waals surface area contributed by atoms with E-state index in [0.29, 0.717) is 0 Å². The predicted molar refractivity (Wildman–Crippen MR) is 81.8 cm³/mol. The SMILES string of the molecule is CCCCN([NH+](CCCC)CC(C)C)C(C)(C)C.